The standard InChI is InChI=1S/C23H18N4O4S/c1-30-21(29)19-12-11-16(31-19)14-32-23-25-24-22-26(13-15-7-3-2-4-8-15)20(28)17-9-5-6-10-18(17)27(22)23/h2-12H,13-14H2,1H3. The van der Waals surface area contributed by atoms with Crippen LogP contribution in [0.25, 0.3) is 16.7 Å². The van der Waals surface area contributed by atoms with Gasteiger partial charge in [-0.2, -0.15) is 0 Å². The zero-order valence-corrected chi connectivity index (χ0v) is 17.9. The van der Waals surface area contributed by atoms with E-state index in [9.17, 15) is 9.59 Å². The van der Waals surface area contributed by atoms with Crippen molar-refractivity contribution in [3.05, 3.63) is 94.2 Å². The Labute approximate surface area is 186 Å². The summed E-state index contributed by atoms with van der Waals surface area (Å²) in [6.45, 7) is 0.386. The van der Waals surface area contributed by atoms with Gasteiger partial charge in [0.2, 0.25) is 11.5 Å². The SMILES string of the molecule is COC(=O)c1ccc(CSc2nnc3n(Cc4ccccc4)c(=O)c4ccccc4n23)o1. The molecule has 9 heteroatoms. The number of esters is 1. The number of hydrogen-bond acceptors (Lipinski definition) is 7. The number of rotatable bonds is 6. The molecule has 0 atom stereocenters. The second-order valence-electron chi connectivity index (χ2n) is 7.06. The monoisotopic (exact) mass is 446 g/mol. The smallest absolute Gasteiger partial charge is 0.373 e. The number of methoxy groups -OCH3 is 1. The van der Waals surface area contributed by atoms with Gasteiger partial charge < -0.3 is 9.15 Å². The summed E-state index contributed by atoms with van der Waals surface area (Å²) in [5, 5.41) is 9.89. The molecule has 0 saturated carbocycles. The van der Waals surface area contributed by atoms with Crippen LogP contribution in [-0.2, 0) is 17.0 Å². The van der Waals surface area contributed by atoms with Crippen molar-refractivity contribution in [2.75, 3.05) is 7.11 Å². The predicted octanol–water partition coefficient (Wildman–Crippen LogP) is 3.76. The van der Waals surface area contributed by atoms with E-state index in [1.165, 1.54) is 18.9 Å². The second-order valence-corrected chi connectivity index (χ2v) is 8.00. The maximum atomic E-state index is 13.2. The Kier molecular flexibility index (Phi) is 5.24. The van der Waals surface area contributed by atoms with Crippen LogP contribution in [0, 0.1) is 0 Å². The number of ether oxygens (including phenoxy) is 1. The molecule has 2 aromatic carbocycles. The highest BCUT2D eigenvalue weighted by Crippen LogP contribution is 2.26. The number of fused-ring (bicyclic) bond motifs is 3. The summed E-state index contributed by atoms with van der Waals surface area (Å²) in [6, 6.07) is 20.5. The first-order chi connectivity index (χ1) is 15.7. The van der Waals surface area contributed by atoms with Crippen LogP contribution in [0.5, 0.6) is 0 Å². The van der Waals surface area contributed by atoms with Crippen molar-refractivity contribution in [1.82, 2.24) is 19.2 Å². The van der Waals surface area contributed by atoms with E-state index < -0.39 is 5.97 Å². The van der Waals surface area contributed by atoms with Gasteiger partial charge in [0.1, 0.15) is 5.76 Å². The molecule has 0 bridgehead atoms. The molecule has 0 spiro atoms. The third kappa shape index (κ3) is 3.56. The molecule has 0 fully saturated rings. The van der Waals surface area contributed by atoms with E-state index in [1.54, 1.807) is 16.7 Å². The third-order valence-electron chi connectivity index (χ3n) is 5.05. The van der Waals surface area contributed by atoms with E-state index in [-0.39, 0.29) is 11.3 Å². The van der Waals surface area contributed by atoms with Gasteiger partial charge in [0.15, 0.2) is 5.16 Å². The topological polar surface area (TPSA) is 91.6 Å². The molecule has 0 aliphatic heterocycles. The predicted molar refractivity (Wildman–Crippen MR) is 120 cm³/mol. The van der Waals surface area contributed by atoms with Crippen LogP contribution in [0.3, 0.4) is 0 Å². The molecule has 32 heavy (non-hydrogen) atoms. The van der Waals surface area contributed by atoms with Gasteiger partial charge >= 0.3 is 5.97 Å². The minimum absolute atomic E-state index is 0.116. The summed E-state index contributed by atoms with van der Waals surface area (Å²) in [6.07, 6.45) is 0. The number of furan rings is 1. The van der Waals surface area contributed by atoms with Gasteiger partial charge in [0, 0.05) is 0 Å². The lowest BCUT2D eigenvalue weighted by Crippen LogP contribution is -2.24. The number of para-hydroxylation sites is 1. The Bertz CT molecular complexity index is 1490. The minimum atomic E-state index is -0.523. The molecular formula is C23H18N4O4S. The first kappa shape index (κ1) is 20.1. The Morgan fingerprint density at radius 3 is 2.62 bits per heavy atom. The number of carbonyl (C=O) groups is 1. The highest BCUT2D eigenvalue weighted by Gasteiger charge is 2.18. The number of thioether (sulfide) groups is 1. The summed E-state index contributed by atoms with van der Waals surface area (Å²) < 4.78 is 13.7. The van der Waals surface area contributed by atoms with Crippen molar-refractivity contribution >= 4 is 34.4 Å². The van der Waals surface area contributed by atoms with Gasteiger partial charge in [-0.05, 0) is 29.8 Å². The molecule has 0 radical (unpaired) electrons. The van der Waals surface area contributed by atoms with E-state index in [4.69, 9.17) is 4.42 Å². The summed E-state index contributed by atoms with van der Waals surface area (Å²) in [4.78, 5) is 24.9. The van der Waals surface area contributed by atoms with Crippen molar-refractivity contribution in [1.29, 1.82) is 0 Å². The van der Waals surface area contributed by atoms with E-state index >= 15 is 0 Å². The number of benzene rings is 2. The van der Waals surface area contributed by atoms with Gasteiger partial charge in [0.25, 0.3) is 5.56 Å². The zero-order chi connectivity index (χ0) is 22.1. The second kappa shape index (κ2) is 8.35. The summed E-state index contributed by atoms with van der Waals surface area (Å²) in [7, 11) is 1.31. The molecular weight excluding hydrogens is 428 g/mol. The lowest BCUT2D eigenvalue weighted by atomic mass is 10.2. The average Bonchev–Trinajstić information content (AvgIpc) is 3.48. The third-order valence-corrected chi connectivity index (χ3v) is 6.00. The first-order valence-corrected chi connectivity index (χ1v) is 10.8. The van der Waals surface area contributed by atoms with Gasteiger partial charge in [-0.25, -0.2) is 4.79 Å². The largest absolute Gasteiger partial charge is 0.463 e. The van der Waals surface area contributed by atoms with Crippen LogP contribution >= 0.6 is 11.8 Å². The van der Waals surface area contributed by atoms with Crippen molar-refractivity contribution in [2.45, 2.75) is 17.5 Å². The normalized spacial score (nSPS) is 11.3. The van der Waals surface area contributed by atoms with Gasteiger partial charge in [-0.1, -0.05) is 54.2 Å². The number of carbonyl (C=O) groups excluding carboxylic acids is 1. The van der Waals surface area contributed by atoms with Gasteiger partial charge in [0.05, 0.1) is 30.3 Å². The Balaban J connectivity index is 1.57. The zero-order valence-electron chi connectivity index (χ0n) is 17.1. The summed E-state index contributed by atoms with van der Waals surface area (Å²) >= 11 is 1.41. The summed E-state index contributed by atoms with van der Waals surface area (Å²) in [5.74, 6) is 1.13. The number of aromatic nitrogens is 4. The van der Waals surface area contributed by atoms with Crippen molar-refractivity contribution in [3.8, 4) is 0 Å². The maximum absolute atomic E-state index is 13.2. The minimum Gasteiger partial charge on any atom is -0.463 e. The maximum Gasteiger partial charge on any atom is 0.373 e. The van der Waals surface area contributed by atoms with Crippen molar-refractivity contribution in [2.24, 2.45) is 0 Å². The molecule has 3 heterocycles. The molecule has 3 aromatic heterocycles. The molecule has 0 N–H and O–H groups in total. The first-order valence-electron chi connectivity index (χ1n) is 9.86. The Hall–Kier alpha value is -3.85. The molecule has 5 rings (SSSR count). The fourth-order valence-corrected chi connectivity index (χ4v) is 4.37. The molecule has 5 aromatic rings. The molecule has 0 saturated heterocycles. The molecule has 0 aliphatic rings. The van der Waals surface area contributed by atoms with Crippen LogP contribution in [0.1, 0.15) is 21.9 Å². The highest BCUT2D eigenvalue weighted by molar-refractivity contribution is 7.98. The summed E-state index contributed by atoms with van der Waals surface area (Å²) in [5.41, 5.74) is 1.61. The highest BCUT2D eigenvalue weighted by atomic mass is 32.2. The molecule has 0 aliphatic carbocycles. The Morgan fingerprint density at radius 1 is 1.03 bits per heavy atom. The lowest BCUT2D eigenvalue weighted by molar-refractivity contribution is 0.0563. The quantitative estimate of drug-likeness (QED) is 0.290. The van der Waals surface area contributed by atoms with E-state index in [2.05, 4.69) is 14.9 Å². The van der Waals surface area contributed by atoms with Crippen LogP contribution in [0.2, 0.25) is 0 Å². The average molecular weight is 446 g/mol. The lowest BCUT2D eigenvalue weighted by Gasteiger charge is -2.11. The van der Waals surface area contributed by atoms with Crippen LogP contribution in [0.4, 0.5) is 0 Å². The molecule has 8 nitrogen and oxygen atoms in total. The van der Waals surface area contributed by atoms with Crippen LogP contribution in [-0.4, -0.2) is 32.2 Å². The van der Waals surface area contributed by atoms with Crippen LogP contribution in [0.15, 0.2) is 81.1 Å². The van der Waals surface area contributed by atoms with E-state index in [0.717, 1.165) is 11.1 Å². The van der Waals surface area contributed by atoms with Gasteiger partial charge in [-0.15, -0.1) is 10.2 Å². The molecule has 160 valence electrons. The van der Waals surface area contributed by atoms with Gasteiger partial charge in [-0.3, -0.25) is 13.8 Å². The number of nitrogens with zero attached hydrogens (tertiary/aromatic N) is 4. The van der Waals surface area contributed by atoms with Crippen molar-refractivity contribution < 1.29 is 13.9 Å². The van der Waals surface area contributed by atoms with E-state index in [0.29, 0.717) is 34.4 Å². The van der Waals surface area contributed by atoms with Crippen LogP contribution < -0.4 is 5.56 Å². The van der Waals surface area contributed by atoms with E-state index in [1.807, 2.05) is 59.0 Å². The molecule has 0 unspecified atom stereocenters. The fourth-order valence-electron chi connectivity index (χ4n) is 3.54. The molecule has 0 amide bonds. The number of hydrogen-bond donors (Lipinski definition) is 0. The Morgan fingerprint density at radius 2 is 1.81 bits per heavy atom. The fraction of sp³-hybridized carbons (Fsp3) is 0.130. The van der Waals surface area contributed by atoms with Crippen molar-refractivity contribution in [3.63, 3.8) is 0 Å².